The number of rotatable bonds is 13. The molecular formula is C44H50N4O8. The summed E-state index contributed by atoms with van der Waals surface area (Å²) in [6.07, 6.45) is 0.0748. The molecule has 4 aromatic carbocycles. The summed E-state index contributed by atoms with van der Waals surface area (Å²) >= 11 is 0. The fourth-order valence-electron chi connectivity index (χ4n) is 8.08. The molecule has 2 aliphatic heterocycles. The Hall–Kier alpha value is -6.04. The van der Waals surface area contributed by atoms with E-state index in [1.54, 1.807) is 48.2 Å². The van der Waals surface area contributed by atoms with Crippen LogP contribution in [0.15, 0.2) is 97.1 Å². The van der Waals surface area contributed by atoms with E-state index in [-0.39, 0.29) is 24.9 Å². The maximum atomic E-state index is 15.6. The molecule has 0 N–H and O–H groups in total. The van der Waals surface area contributed by atoms with Crippen molar-refractivity contribution in [3.63, 3.8) is 0 Å². The number of carbonyl (C=O) groups excluding carboxylic acids is 4. The van der Waals surface area contributed by atoms with Crippen LogP contribution in [0.2, 0.25) is 0 Å². The van der Waals surface area contributed by atoms with Crippen molar-refractivity contribution >= 4 is 23.9 Å². The number of hydrogen-bond acceptors (Lipinski definition) is 8. The lowest BCUT2D eigenvalue weighted by atomic mass is 9.79. The van der Waals surface area contributed by atoms with E-state index in [0.29, 0.717) is 34.1 Å². The van der Waals surface area contributed by atoms with Crippen molar-refractivity contribution < 1.29 is 38.1 Å². The molecular weight excluding hydrogens is 713 g/mol. The van der Waals surface area contributed by atoms with Gasteiger partial charge in [0, 0.05) is 14.1 Å². The van der Waals surface area contributed by atoms with Gasteiger partial charge in [-0.05, 0) is 73.2 Å². The highest BCUT2D eigenvalue weighted by Crippen LogP contribution is 2.42. The largest absolute Gasteiger partial charge is 0.493 e. The van der Waals surface area contributed by atoms with E-state index in [1.165, 1.54) is 38.2 Å². The van der Waals surface area contributed by atoms with Gasteiger partial charge in [-0.25, -0.2) is 9.59 Å². The summed E-state index contributed by atoms with van der Waals surface area (Å²) in [6, 6.07) is 26.6. The number of methoxy groups -OCH3 is 4. The molecule has 0 bridgehead atoms. The van der Waals surface area contributed by atoms with Gasteiger partial charge >= 0.3 is 12.1 Å². The molecule has 2 fully saturated rings. The van der Waals surface area contributed by atoms with Gasteiger partial charge in [0.1, 0.15) is 0 Å². The summed E-state index contributed by atoms with van der Waals surface area (Å²) < 4.78 is 22.3. The maximum absolute atomic E-state index is 15.6. The Bertz CT molecular complexity index is 1910. The lowest BCUT2D eigenvalue weighted by molar-refractivity contribution is -0.144. The molecule has 56 heavy (non-hydrogen) atoms. The minimum atomic E-state index is -1.13. The van der Waals surface area contributed by atoms with E-state index >= 15 is 9.59 Å². The Morgan fingerprint density at radius 1 is 0.536 bits per heavy atom. The van der Waals surface area contributed by atoms with E-state index in [4.69, 9.17) is 18.9 Å². The van der Waals surface area contributed by atoms with Gasteiger partial charge in [0.05, 0.1) is 64.4 Å². The molecule has 6 amide bonds. The van der Waals surface area contributed by atoms with Crippen molar-refractivity contribution in [2.75, 3.05) is 42.5 Å². The molecule has 294 valence electrons. The molecule has 6 atom stereocenters. The number of nitrogens with zero attached hydrogens (tertiary/aromatic N) is 4. The first kappa shape index (κ1) is 39.6. The predicted octanol–water partition coefficient (Wildman–Crippen LogP) is 6.79. The smallest absolute Gasteiger partial charge is 0.327 e. The molecule has 2 heterocycles. The number of likely N-dealkylation sites (N-methyl/N-ethyl adjacent to an activating group) is 2. The number of imide groups is 2. The van der Waals surface area contributed by atoms with Gasteiger partial charge < -0.3 is 28.7 Å². The lowest BCUT2D eigenvalue weighted by Crippen LogP contribution is -2.49. The Morgan fingerprint density at radius 3 is 1.20 bits per heavy atom. The molecule has 0 radical (unpaired) electrons. The number of benzene rings is 4. The van der Waals surface area contributed by atoms with Crippen LogP contribution in [-0.4, -0.2) is 98.1 Å². The molecule has 0 spiro atoms. The first-order chi connectivity index (χ1) is 26.9. The third-order valence-corrected chi connectivity index (χ3v) is 11.4. The second-order valence-corrected chi connectivity index (χ2v) is 14.4. The molecule has 2 aliphatic rings. The second kappa shape index (κ2) is 16.8. The third kappa shape index (κ3) is 7.35. The SMILES string of the molecule is COc1ccc(C[C@H](C(=O)N2C(=O)N(C)[C@H](C)[C@@H]2c2ccccc2)[C@H](Cc2ccc(OC)c(OC)c2)C(=O)N2C(=O)N(C)[C@H](C)[C@@H]2c2ccccc2)cc1OC. The molecule has 12 heteroatoms. The Kier molecular flexibility index (Phi) is 11.9. The molecule has 0 aromatic heterocycles. The highest BCUT2D eigenvalue weighted by atomic mass is 16.5. The van der Waals surface area contributed by atoms with Gasteiger partial charge in [0.15, 0.2) is 23.0 Å². The van der Waals surface area contributed by atoms with E-state index in [1.807, 2.05) is 86.6 Å². The van der Waals surface area contributed by atoms with E-state index in [0.717, 1.165) is 11.1 Å². The average Bonchev–Trinajstić information content (AvgIpc) is 3.60. The van der Waals surface area contributed by atoms with E-state index in [9.17, 15) is 9.59 Å². The van der Waals surface area contributed by atoms with Crippen LogP contribution in [0.25, 0.3) is 0 Å². The van der Waals surface area contributed by atoms with Gasteiger partial charge in [-0.1, -0.05) is 72.8 Å². The Morgan fingerprint density at radius 2 is 0.875 bits per heavy atom. The summed E-state index contributed by atoms with van der Waals surface area (Å²) in [7, 11) is 9.48. The van der Waals surface area contributed by atoms with Crippen LogP contribution in [0.3, 0.4) is 0 Å². The molecule has 4 aromatic rings. The van der Waals surface area contributed by atoms with Gasteiger partial charge in [-0.3, -0.25) is 19.4 Å². The molecule has 0 aliphatic carbocycles. The second-order valence-electron chi connectivity index (χ2n) is 14.4. The van der Waals surface area contributed by atoms with Crippen LogP contribution in [0, 0.1) is 11.8 Å². The van der Waals surface area contributed by atoms with Crippen molar-refractivity contribution in [1.29, 1.82) is 0 Å². The summed E-state index contributed by atoms with van der Waals surface area (Å²) in [5.41, 5.74) is 2.92. The number of amides is 6. The number of carbonyl (C=O) groups is 4. The van der Waals surface area contributed by atoms with Crippen molar-refractivity contribution in [2.24, 2.45) is 11.8 Å². The van der Waals surface area contributed by atoms with Crippen LogP contribution in [-0.2, 0) is 22.4 Å². The minimum Gasteiger partial charge on any atom is -0.493 e. The zero-order chi connectivity index (χ0) is 40.3. The van der Waals surface area contributed by atoms with Gasteiger partial charge in [0.25, 0.3) is 0 Å². The van der Waals surface area contributed by atoms with Gasteiger partial charge in [-0.2, -0.15) is 0 Å². The molecule has 2 saturated heterocycles. The fraction of sp³-hybridized carbons (Fsp3) is 0.364. The van der Waals surface area contributed by atoms with Crippen LogP contribution < -0.4 is 18.9 Å². The highest BCUT2D eigenvalue weighted by molar-refractivity contribution is 6.03. The predicted molar refractivity (Wildman–Crippen MR) is 211 cm³/mol. The normalized spacial score (nSPS) is 20.6. The van der Waals surface area contributed by atoms with Crippen molar-refractivity contribution in [2.45, 2.75) is 50.9 Å². The Labute approximate surface area is 328 Å². The highest BCUT2D eigenvalue weighted by Gasteiger charge is 2.53. The molecule has 12 nitrogen and oxygen atoms in total. The minimum absolute atomic E-state index is 0.0374. The van der Waals surface area contributed by atoms with Crippen LogP contribution >= 0.6 is 0 Å². The molecule has 0 unspecified atom stereocenters. The van der Waals surface area contributed by atoms with Gasteiger partial charge in [-0.15, -0.1) is 0 Å². The first-order valence-electron chi connectivity index (χ1n) is 18.7. The van der Waals surface area contributed by atoms with E-state index in [2.05, 4.69) is 0 Å². The zero-order valence-corrected chi connectivity index (χ0v) is 33.2. The van der Waals surface area contributed by atoms with Crippen molar-refractivity contribution in [3.05, 3.63) is 119 Å². The lowest BCUT2D eigenvalue weighted by Gasteiger charge is -2.34. The topological polar surface area (TPSA) is 118 Å². The summed E-state index contributed by atoms with van der Waals surface area (Å²) in [5, 5.41) is 0. The fourth-order valence-corrected chi connectivity index (χ4v) is 8.08. The number of hydrogen-bond donors (Lipinski definition) is 0. The van der Waals surface area contributed by atoms with Crippen molar-refractivity contribution in [3.8, 4) is 23.0 Å². The van der Waals surface area contributed by atoms with Crippen LogP contribution in [0.4, 0.5) is 9.59 Å². The molecule has 6 rings (SSSR count). The quantitative estimate of drug-likeness (QED) is 0.146. The van der Waals surface area contributed by atoms with Crippen LogP contribution in [0.1, 0.15) is 48.2 Å². The van der Waals surface area contributed by atoms with Crippen LogP contribution in [0.5, 0.6) is 23.0 Å². The maximum Gasteiger partial charge on any atom is 0.327 e. The van der Waals surface area contributed by atoms with Gasteiger partial charge in [0.2, 0.25) is 11.8 Å². The number of urea groups is 2. The third-order valence-electron chi connectivity index (χ3n) is 11.4. The van der Waals surface area contributed by atoms with Crippen molar-refractivity contribution in [1.82, 2.24) is 19.6 Å². The standard InChI is InChI=1S/C44H50N4O8/c1-27-39(31-15-11-9-12-16-31)47(43(51)45(27)3)41(49)33(23-29-19-21-35(53-5)37(25-29)55-7)34(24-30-20-22-36(54-6)38(26-30)56-8)42(50)48-40(28(2)46(4)44(48)52)32-17-13-10-14-18-32/h9-22,25-28,33-34,39-40H,23-24H2,1-8H3/t27-,28-,33+,34+,39-,40-/m1/s1. The first-order valence-corrected chi connectivity index (χ1v) is 18.7. The summed E-state index contributed by atoms with van der Waals surface area (Å²) in [4.78, 5) is 65.3. The Balaban J connectivity index is 1.55. The average molecular weight is 763 g/mol. The summed E-state index contributed by atoms with van der Waals surface area (Å²) in [5.74, 6) is -1.44. The zero-order valence-electron chi connectivity index (χ0n) is 33.2. The van der Waals surface area contributed by atoms with E-state index < -0.39 is 47.8 Å². The monoisotopic (exact) mass is 762 g/mol. The molecule has 0 saturated carbocycles. The number of ether oxygens (including phenoxy) is 4. The summed E-state index contributed by atoms with van der Waals surface area (Å²) in [6.45, 7) is 3.81.